The van der Waals surface area contributed by atoms with E-state index in [2.05, 4.69) is 4.98 Å². The summed E-state index contributed by atoms with van der Waals surface area (Å²) in [5, 5.41) is 8.90. The van der Waals surface area contributed by atoms with Gasteiger partial charge in [0, 0.05) is 44.8 Å². The van der Waals surface area contributed by atoms with Gasteiger partial charge in [0.1, 0.15) is 5.65 Å². The molecular formula is C13H14N4O3. The van der Waals surface area contributed by atoms with Gasteiger partial charge in [-0.1, -0.05) is 0 Å². The number of hydrogen-bond donors (Lipinski definition) is 1. The normalized spacial score (nSPS) is 15.6. The van der Waals surface area contributed by atoms with E-state index in [0.29, 0.717) is 37.4 Å². The Labute approximate surface area is 115 Å². The number of rotatable bonds is 1. The number of pyridine rings is 1. The molecule has 1 aliphatic heterocycles. The van der Waals surface area contributed by atoms with Crippen LogP contribution in [0.5, 0.6) is 0 Å². The molecule has 3 heterocycles. The van der Waals surface area contributed by atoms with Crippen LogP contribution in [0.15, 0.2) is 30.7 Å². The van der Waals surface area contributed by atoms with Crippen molar-refractivity contribution >= 4 is 17.6 Å². The summed E-state index contributed by atoms with van der Waals surface area (Å²) in [6.45, 7) is 1.51. The molecule has 0 bridgehead atoms. The predicted octanol–water partition coefficient (Wildman–Crippen LogP) is 0.770. The van der Waals surface area contributed by atoms with Crippen LogP contribution in [0, 0.1) is 0 Å². The second kappa shape index (κ2) is 4.84. The summed E-state index contributed by atoms with van der Waals surface area (Å²) in [7, 11) is 0. The highest BCUT2D eigenvalue weighted by Gasteiger charge is 2.25. The SMILES string of the molecule is O=C(O)N1CCN(C(=O)c2cccn3ccnc23)CC1. The molecule has 1 saturated heterocycles. The van der Waals surface area contributed by atoms with Gasteiger partial charge in [0.05, 0.1) is 5.56 Å². The number of fused-ring (bicyclic) bond motifs is 1. The monoisotopic (exact) mass is 274 g/mol. The number of carbonyl (C=O) groups excluding carboxylic acids is 1. The third-order valence-electron chi connectivity index (χ3n) is 3.49. The van der Waals surface area contributed by atoms with Gasteiger partial charge in [0.15, 0.2) is 0 Å². The van der Waals surface area contributed by atoms with E-state index in [4.69, 9.17) is 5.11 Å². The van der Waals surface area contributed by atoms with Gasteiger partial charge in [-0.3, -0.25) is 4.79 Å². The van der Waals surface area contributed by atoms with Crippen molar-refractivity contribution < 1.29 is 14.7 Å². The second-order valence-corrected chi connectivity index (χ2v) is 4.64. The number of imidazole rings is 1. The summed E-state index contributed by atoms with van der Waals surface area (Å²) in [6, 6.07) is 3.55. The number of amides is 2. The van der Waals surface area contributed by atoms with Gasteiger partial charge in [0.25, 0.3) is 5.91 Å². The highest BCUT2D eigenvalue weighted by molar-refractivity contribution is 5.99. The third-order valence-corrected chi connectivity index (χ3v) is 3.49. The fraction of sp³-hybridized carbons (Fsp3) is 0.308. The van der Waals surface area contributed by atoms with Gasteiger partial charge in [0.2, 0.25) is 0 Å². The molecule has 2 aromatic heterocycles. The molecule has 0 atom stereocenters. The molecule has 3 rings (SSSR count). The highest BCUT2D eigenvalue weighted by Crippen LogP contribution is 2.13. The molecule has 2 aromatic rings. The molecule has 1 N–H and O–H groups in total. The van der Waals surface area contributed by atoms with Crippen LogP contribution in [0.3, 0.4) is 0 Å². The lowest BCUT2D eigenvalue weighted by Gasteiger charge is -2.33. The minimum atomic E-state index is -0.938. The van der Waals surface area contributed by atoms with E-state index >= 15 is 0 Å². The first-order valence-electron chi connectivity index (χ1n) is 6.35. The number of piperazine rings is 1. The summed E-state index contributed by atoms with van der Waals surface area (Å²) in [4.78, 5) is 30.5. The van der Waals surface area contributed by atoms with Crippen molar-refractivity contribution in [3.05, 3.63) is 36.3 Å². The Bertz CT molecular complexity index is 658. The number of nitrogens with zero attached hydrogens (tertiary/aromatic N) is 4. The van der Waals surface area contributed by atoms with Gasteiger partial charge in [-0.15, -0.1) is 0 Å². The molecule has 0 unspecified atom stereocenters. The van der Waals surface area contributed by atoms with Crippen LogP contribution >= 0.6 is 0 Å². The van der Waals surface area contributed by atoms with Gasteiger partial charge in [-0.05, 0) is 12.1 Å². The predicted molar refractivity (Wildman–Crippen MR) is 70.7 cm³/mol. The molecule has 20 heavy (non-hydrogen) atoms. The fourth-order valence-electron chi connectivity index (χ4n) is 2.39. The minimum Gasteiger partial charge on any atom is -0.465 e. The zero-order valence-corrected chi connectivity index (χ0v) is 10.8. The van der Waals surface area contributed by atoms with Crippen molar-refractivity contribution in [2.75, 3.05) is 26.2 Å². The highest BCUT2D eigenvalue weighted by atomic mass is 16.4. The topological polar surface area (TPSA) is 78.2 Å². The standard InChI is InChI=1S/C13H14N4O3/c18-12(16-6-8-17(9-7-16)13(19)20)10-2-1-4-15-5-3-14-11(10)15/h1-5H,6-9H2,(H,19,20). The number of carbonyl (C=O) groups is 2. The van der Waals surface area contributed by atoms with Crippen molar-refractivity contribution in [2.45, 2.75) is 0 Å². The summed E-state index contributed by atoms with van der Waals surface area (Å²) in [6.07, 6.45) is 4.33. The second-order valence-electron chi connectivity index (χ2n) is 4.64. The molecule has 1 fully saturated rings. The maximum absolute atomic E-state index is 12.5. The average Bonchev–Trinajstić information content (AvgIpc) is 2.95. The summed E-state index contributed by atoms with van der Waals surface area (Å²) >= 11 is 0. The van der Waals surface area contributed by atoms with E-state index in [9.17, 15) is 9.59 Å². The Balaban J connectivity index is 1.80. The zero-order chi connectivity index (χ0) is 14.1. The lowest BCUT2D eigenvalue weighted by Crippen LogP contribution is -2.50. The van der Waals surface area contributed by atoms with Crippen molar-refractivity contribution in [1.29, 1.82) is 0 Å². The van der Waals surface area contributed by atoms with E-state index in [0.717, 1.165) is 0 Å². The minimum absolute atomic E-state index is 0.105. The molecular weight excluding hydrogens is 260 g/mol. The van der Waals surface area contributed by atoms with E-state index < -0.39 is 6.09 Å². The van der Waals surface area contributed by atoms with E-state index in [1.807, 2.05) is 6.20 Å². The molecule has 0 spiro atoms. The molecule has 7 heteroatoms. The molecule has 0 radical (unpaired) electrons. The maximum atomic E-state index is 12.5. The van der Waals surface area contributed by atoms with Crippen molar-refractivity contribution in [1.82, 2.24) is 19.2 Å². The smallest absolute Gasteiger partial charge is 0.407 e. The zero-order valence-electron chi connectivity index (χ0n) is 10.8. The average molecular weight is 274 g/mol. The van der Waals surface area contributed by atoms with Crippen molar-refractivity contribution in [2.24, 2.45) is 0 Å². The first kappa shape index (κ1) is 12.5. The molecule has 0 aliphatic carbocycles. The van der Waals surface area contributed by atoms with E-state index in [-0.39, 0.29) is 5.91 Å². The quantitative estimate of drug-likeness (QED) is 0.833. The molecule has 7 nitrogen and oxygen atoms in total. The Morgan fingerprint density at radius 3 is 2.50 bits per heavy atom. The van der Waals surface area contributed by atoms with Gasteiger partial charge >= 0.3 is 6.09 Å². The molecule has 2 amide bonds. The summed E-state index contributed by atoms with van der Waals surface area (Å²) < 4.78 is 1.79. The van der Waals surface area contributed by atoms with Crippen LogP contribution in [0.2, 0.25) is 0 Å². The number of hydrogen-bond acceptors (Lipinski definition) is 3. The van der Waals surface area contributed by atoms with E-state index in [1.54, 1.807) is 33.8 Å². The molecule has 0 saturated carbocycles. The van der Waals surface area contributed by atoms with Crippen LogP contribution in [-0.4, -0.2) is 62.5 Å². The number of carboxylic acid groups (broad SMARTS) is 1. The van der Waals surface area contributed by atoms with Crippen LogP contribution in [0.4, 0.5) is 4.79 Å². The third kappa shape index (κ3) is 2.07. The Hall–Kier alpha value is -2.57. The van der Waals surface area contributed by atoms with Crippen LogP contribution < -0.4 is 0 Å². The Morgan fingerprint density at radius 1 is 1.10 bits per heavy atom. The Kier molecular flexibility index (Phi) is 3.02. The molecule has 1 aliphatic rings. The lowest BCUT2D eigenvalue weighted by atomic mass is 10.2. The van der Waals surface area contributed by atoms with Crippen molar-refractivity contribution in [3.63, 3.8) is 0 Å². The fourth-order valence-corrected chi connectivity index (χ4v) is 2.39. The number of aromatic nitrogens is 2. The van der Waals surface area contributed by atoms with Crippen molar-refractivity contribution in [3.8, 4) is 0 Å². The first-order valence-corrected chi connectivity index (χ1v) is 6.35. The lowest BCUT2D eigenvalue weighted by molar-refractivity contribution is 0.0626. The van der Waals surface area contributed by atoms with Gasteiger partial charge in [-0.2, -0.15) is 0 Å². The van der Waals surface area contributed by atoms with E-state index in [1.165, 1.54) is 4.90 Å². The Morgan fingerprint density at radius 2 is 1.80 bits per heavy atom. The molecule has 104 valence electrons. The summed E-state index contributed by atoms with van der Waals surface area (Å²) in [5.41, 5.74) is 1.17. The first-order chi connectivity index (χ1) is 9.66. The summed E-state index contributed by atoms with van der Waals surface area (Å²) in [5.74, 6) is -0.105. The van der Waals surface area contributed by atoms with Gasteiger partial charge < -0.3 is 19.3 Å². The maximum Gasteiger partial charge on any atom is 0.407 e. The largest absolute Gasteiger partial charge is 0.465 e. The van der Waals surface area contributed by atoms with Crippen LogP contribution in [0.1, 0.15) is 10.4 Å². The van der Waals surface area contributed by atoms with Crippen LogP contribution in [0.25, 0.3) is 5.65 Å². The van der Waals surface area contributed by atoms with Gasteiger partial charge in [-0.25, -0.2) is 9.78 Å². The molecule has 0 aromatic carbocycles. The van der Waals surface area contributed by atoms with Crippen LogP contribution in [-0.2, 0) is 0 Å².